The zero-order valence-electron chi connectivity index (χ0n) is 11.7. The lowest BCUT2D eigenvalue weighted by molar-refractivity contribution is 0.320. The second-order valence-corrected chi connectivity index (χ2v) is 4.76. The Kier molecular flexibility index (Phi) is 4.96. The van der Waals surface area contributed by atoms with Gasteiger partial charge in [0, 0.05) is 17.8 Å². The Labute approximate surface area is 115 Å². The van der Waals surface area contributed by atoms with Crippen LogP contribution >= 0.6 is 0 Å². The normalized spacial score (nSPS) is 10.4. The van der Waals surface area contributed by atoms with Gasteiger partial charge >= 0.3 is 0 Å². The van der Waals surface area contributed by atoms with E-state index in [4.69, 9.17) is 4.74 Å². The Morgan fingerprint density at radius 1 is 1.00 bits per heavy atom. The summed E-state index contributed by atoms with van der Waals surface area (Å²) in [6.45, 7) is 4.87. The van der Waals surface area contributed by atoms with Crippen LogP contribution in [0.1, 0.15) is 30.3 Å². The van der Waals surface area contributed by atoms with Crippen molar-refractivity contribution in [3.63, 3.8) is 0 Å². The van der Waals surface area contributed by atoms with E-state index in [9.17, 15) is 0 Å². The van der Waals surface area contributed by atoms with Gasteiger partial charge in [0.05, 0.1) is 6.61 Å². The predicted molar refractivity (Wildman–Crippen MR) is 78.6 cm³/mol. The van der Waals surface area contributed by atoms with E-state index >= 15 is 0 Å². The van der Waals surface area contributed by atoms with Crippen LogP contribution in [-0.4, -0.2) is 11.6 Å². The van der Waals surface area contributed by atoms with Gasteiger partial charge in [-0.25, -0.2) is 0 Å². The third-order valence-electron chi connectivity index (χ3n) is 3.03. The Balaban J connectivity index is 1.82. The number of aromatic nitrogens is 1. The summed E-state index contributed by atoms with van der Waals surface area (Å²) >= 11 is 0. The Morgan fingerprint density at radius 2 is 1.79 bits per heavy atom. The highest BCUT2D eigenvalue weighted by Gasteiger charge is 1.98. The smallest absolute Gasteiger partial charge is 0.119 e. The van der Waals surface area contributed by atoms with Crippen molar-refractivity contribution in [3.05, 3.63) is 59.4 Å². The molecule has 0 spiro atoms. The van der Waals surface area contributed by atoms with Crippen LogP contribution in [0.2, 0.25) is 0 Å². The van der Waals surface area contributed by atoms with Crippen LogP contribution in [-0.2, 0) is 12.8 Å². The lowest BCUT2D eigenvalue weighted by Gasteiger charge is -2.07. The molecule has 100 valence electrons. The summed E-state index contributed by atoms with van der Waals surface area (Å²) in [4.78, 5) is 4.46. The van der Waals surface area contributed by atoms with Gasteiger partial charge in [-0.1, -0.05) is 31.5 Å². The van der Waals surface area contributed by atoms with Crippen LogP contribution in [0.25, 0.3) is 0 Å². The van der Waals surface area contributed by atoms with E-state index in [2.05, 4.69) is 36.2 Å². The van der Waals surface area contributed by atoms with Crippen LogP contribution in [0.4, 0.5) is 0 Å². The Morgan fingerprint density at radius 3 is 2.47 bits per heavy atom. The second kappa shape index (κ2) is 6.93. The monoisotopic (exact) mass is 255 g/mol. The van der Waals surface area contributed by atoms with Crippen molar-refractivity contribution >= 4 is 0 Å². The average Bonchev–Trinajstić information content (AvgIpc) is 2.41. The van der Waals surface area contributed by atoms with Crippen LogP contribution in [0, 0.1) is 6.92 Å². The van der Waals surface area contributed by atoms with E-state index in [1.165, 1.54) is 12.0 Å². The summed E-state index contributed by atoms with van der Waals surface area (Å²) < 4.78 is 5.74. The summed E-state index contributed by atoms with van der Waals surface area (Å²) in [6.07, 6.45) is 3.16. The summed E-state index contributed by atoms with van der Waals surface area (Å²) in [7, 11) is 0. The van der Waals surface area contributed by atoms with Gasteiger partial charge in [-0.2, -0.15) is 0 Å². The molecule has 19 heavy (non-hydrogen) atoms. The molecule has 1 heterocycles. The van der Waals surface area contributed by atoms with Crippen molar-refractivity contribution in [1.82, 2.24) is 4.98 Å². The minimum absolute atomic E-state index is 0.670. The minimum atomic E-state index is 0.670. The number of hydrogen-bond donors (Lipinski definition) is 0. The van der Waals surface area contributed by atoms with Gasteiger partial charge in [-0.05, 0) is 43.2 Å². The molecule has 0 atom stereocenters. The molecule has 0 aliphatic heterocycles. The van der Waals surface area contributed by atoms with Crippen molar-refractivity contribution in [1.29, 1.82) is 0 Å². The number of aryl methyl sites for hydroxylation is 2. The van der Waals surface area contributed by atoms with Crippen molar-refractivity contribution in [2.45, 2.75) is 33.1 Å². The highest BCUT2D eigenvalue weighted by Crippen LogP contribution is 2.13. The van der Waals surface area contributed by atoms with E-state index in [1.807, 2.05) is 25.1 Å². The summed E-state index contributed by atoms with van der Waals surface area (Å²) in [5.74, 6) is 0.938. The first-order chi connectivity index (χ1) is 9.28. The maximum atomic E-state index is 5.74. The first-order valence-corrected chi connectivity index (χ1v) is 6.92. The molecule has 0 saturated heterocycles. The van der Waals surface area contributed by atoms with E-state index < -0.39 is 0 Å². The molecule has 0 aliphatic carbocycles. The van der Waals surface area contributed by atoms with Gasteiger partial charge in [-0.3, -0.25) is 4.98 Å². The van der Waals surface area contributed by atoms with Crippen LogP contribution in [0.3, 0.4) is 0 Å². The molecular formula is C17H21NO. The number of ether oxygens (including phenoxy) is 1. The van der Waals surface area contributed by atoms with Gasteiger partial charge in [0.25, 0.3) is 0 Å². The largest absolute Gasteiger partial charge is 0.493 e. The zero-order valence-corrected chi connectivity index (χ0v) is 11.7. The molecule has 0 radical (unpaired) electrons. The highest BCUT2D eigenvalue weighted by atomic mass is 16.5. The number of benzene rings is 1. The molecule has 0 fully saturated rings. The van der Waals surface area contributed by atoms with Crippen LogP contribution in [0.15, 0.2) is 42.5 Å². The fourth-order valence-corrected chi connectivity index (χ4v) is 2.05. The number of nitrogens with zero attached hydrogens (tertiary/aromatic N) is 1. The predicted octanol–water partition coefficient (Wildman–Crippen LogP) is 3.96. The lowest BCUT2D eigenvalue weighted by atomic mass is 10.1. The number of pyridine rings is 1. The minimum Gasteiger partial charge on any atom is -0.493 e. The van der Waals surface area contributed by atoms with Gasteiger partial charge in [0.2, 0.25) is 0 Å². The number of rotatable bonds is 6. The topological polar surface area (TPSA) is 22.1 Å². The Bertz CT molecular complexity index is 505. The molecule has 2 rings (SSSR count). The maximum Gasteiger partial charge on any atom is 0.119 e. The molecule has 2 aromatic rings. The van der Waals surface area contributed by atoms with Crippen LogP contribution in [0.5, 0.6) is 5.75 Å². The molecule has 0 N–H and O–H groups in total. The van der Waals surface area contributed by atoms with Crippen molar-refractivity contribution in [2.24, 2.45) is 0 Å². The van der Waals surface area contributed by atoms with Crippen LogP contribution < -0.4 is 4.74 Å². The molecule has 0 aliphatic rings. The summed E-state index contributed by atoms with van der Waals surface area (Å²) in [5.41, 5.74) is 3.51. The van der Waals surface area contributed by atoms with E-state index in [-0.39, 0.29) is 0 Å². The second-order valence-electron chi connectivity index (χ2n) is 4.76. The van der Waals surface area contributed by atoms with Gasteiger partial charge < -0.3 is 4.74 Å². The third-order valence-corrected chi connectivity index (χ3v) is 3.03. The van der Waals surface area contributed by atoms with E-state index in [0.29, 0.717) is 6.61 Å². The molecule has 0 amide bonds. The standard InChI is InChI=1S/C17H21NO/c1-3-5-15-8-10-17(11-9-15)19-13-12-16-7-4-6-14(2)18-16/h4,6-11H,3,5,12-13H2,1-2H3. The Hall–Kier alpha value is -1.83. The molecule has 2 nitrogen and oxygen atoms in total. The van der Waals surface area contributed by atoms with Gasteiger partial charge in [0.15, 0.2) is 0 Å². The lowest BCUT2D eigenvalue weighted by Crippen LogP contribution is -2.03. The first-order valence-electron chi connectivity index (χ1n) is 6.92. The molecule has 2 heteroatoms. The van der Waals surface area contributed by atoms with Crippen molar-refractivity contribution < 1.29 is 4.74 Å². The molecule has 1 aromatic heterocycles. The zero-order chi connectivity index (χ0) is 13.5. The molecule has 0 unspecified atom stereocenters. The molecule has 0 bridgehead atoms. The van der Waals surface area contributed by atoms with E-state index in [1.54, 1.807) is 0 Å². The van der Waals surface area contributed by atoms with Gasteiger partial charge in [-0.15, -0.1) is 0 Å². The van der Waals surface area contributed by atoms with E-state index in [0.717, 1.165) is 30.0 Å². The SMILES string of the molecule is CCCc1ccc(OCCc2cccc(C)n2)cc1. The average molecular weight is 255 g/mol. The van der Waals surface area contributed by atoms with Crippen molar-refractivity contribution in [3.8, 4) is 5.75 Å². The number of hydrogen-bond acceptors (Lipinski definition) is 2. The quantitative estimate of drug-likeness (QED) is 0.779. The maximum absolute atomic E-state index is 5.74. The fraction of sp³-hybridized carbons (Fsp3) is 0.353. The summed E-state index contributed by atoms with van der Waals surface area (Å²) in [5, 5.41) is 0. The molecule has 0 saturated carbocycles. The highest BCUT2D eigenvalue weighted by molar-refractivity contribution is 5.27. The summed E-state index contributed by atoms with van der Waals surface area (Å²) in [6, 6.07) is 14.5. The van der Waals surface area contributed by atoms with Crippen molar-refractivity contribution in [2.75, 3.05) is 6.61 Å². The van der Waals surface area contributed by atoms with Gasteiger partial charge in [0.1, 0.15) is 5.75 Å². The fourth-order valence-electron chi connectivity index (χ4n) is 2.05. The third kappa shape index (κ3) is 4.40. The molecular weight excluding hydrogens is 234 g/mol. The molecule has 1 aromatic carbocycles. The first kappa shape index (κ1) is 13.6.